The Bertz CT molecular complexity index is 876. The van der Waals surface area contributed by atoms with Gasteiger partial charge in [0.1, 0.15) is 12.7 Å². The Hall–Kier alpha value is -3.18. The number of amides is 1. The van der Waals surface area contributed by atoms with Crippen molar-refractivity contribution in [2.24, 2.45) is 0 Å². The number of halogens is 3. The van der Waals surface area contributed by atoms with E-state index < -0.39 is 46.2 Å². The lowest BCUT2D eigenvalue weighted by atomic mass is 9.99. The normalized spacial score (nSPS) is 13.4. The van der Waals surface area contributed by atoms with Gasteiger partial charge in [0.15, 0.2) is 0 Å². The lowest BCUT2D eigenvalue weighted by Gasteiger charge is -2.19. The number of carbonyl (C=O) groups is 1. The molecule has 30 heavy (non-hydrogen) atoms. The van der Waals surface area contributed by atoms with Gasteiger partial charge >= 0.3 is 12.3 Å². The Morgan fingerprint density at radius 1 is 1.17 bits per heavy atom. The summed E-state index contributed by atoms with van der Waals surface area (Å²) in [5.41, 5.74) is -1.89. The summed E-state index contributed by atoms with van der Waals surface area (Å²) < 4.78 is 43.8. The SMILES string of the molecule is O=C(NCCC(O)C(O)c1cc([N+](=O)[O-])cc(C(F)(F)F)c1)OCc1ccccc1. The third kappa shape index (κ3) is 6.71. The van der Waals surface area contributed by atoms with E-state index in [4.69, 9.17) is 4.74 Å². The Kier molecular flexibility index (Phi) is 7.72. The second-order valence-electron chi connectivity index (χ2n) is 6.36. The highest BCUT2D eigenvalue weighted by molar-refractivity contribution is 5.67. The van der Waals surface area contributed by atoms with Crippen LogP contribution in [0.15, 0.2) is 48.5 Å². The summed E-state index contributed by atoms with van der Waals surface area (Å²) in [7, 11) is 0. The molecule has 0 spiro atoms. The van der Waals surface area contributed by atoms with E-state index in [1.807, 2.05) is 0 Å². The van der Waals surface area contributed by atoms with Crippen molar-refractivity contribution in [2.45, 2.75) is 31.4 Å². The van der Waals surface area contributed by atoms with E-state index in [9.17, 15) is 38.3 Å². The number of ether oxygens (including phenoxy) is 1. The molecule has 1 amide bonds. The molecule has 0 aliphatic rings. The number of hydrogen-bond acceptors (Lipinski definition) is 6. The highest BCUT2D eigenvalue weighted by Crippen LogP contribution is 2.34. The van der Waals surface area contributed by atoms with Gasteiger partial charge in [-0.15, -0.1) is 0 Å². The molecular weight excluding hydrogens is 409 g/mol. The summed E-state index contributed by atoms with van der Waals surface area (Å²) in [6, 6.07) is 10.5. The van der Waals surface area contributed by atoms with Crippen LogP contribution in [0.3, 0.4) is 0 Å². The number of nitrogens with zero attached hydrogens (tertiary/aromatic N) is 1. The van der Waals surface area contributed by atoms with Crippen LogP contribution in [0.5, 0.6) is 0 Å². The standard InChI is InChI=1S/C19H19F3N2O6/c20-19(21,22)14-8-13(9-15(10-14)24(28)29)17(26)16(25)6-7-23-18(27)30-11-12-4-2-1-3-5-12/h1-5,8-10,16-17,25-26H,6-7,11H2,(H,23,27). The van der Waals surface area contributed by atoms with Gasteiger partial charge in [0, 0.05) is 18.7 Å². The first-order valence-electron chi connectivity index (χ1n) is 8.75. The van der Waals surface area contributed by atoms with Crippen LogP contribution in [-0.4, -0.2) is 33.9 Å². The molecule has 3 N–H and O–H groups in total. The maximum Gasteiger partial charge on any atom is 0.416 e. The number of aliphatic hydroxyl groups is 2. The van der Waals surface area contributed by atoms with E-state index in [1.54, 1.807) is 30.3 Å². The van der Waals surface area contributed by atoms with Crippen LogP contribution in [-0.2, 0) is 17.5 Å². The third-order valence-electron chi connectivity index (χ3n) is 4.11. The van der Waals surface area contributed by atoms with Gasteiger partial charge in [-0.2, -0.15) is 13.2 Å². The second-order valence-corrected chi connectivity index (χ2v) is 6.36. The lowest BCUT2D eigenvalue weighted by Crippen LogP contribution is -2.29. The summed E-state index contributed by atoms with van der Waals surface area (Å²) >= 11 is 0. The second kappa shape index (κ2) is 10.0. The maximum absolute atomic E-state index is 12.9. The Morgan fingerprint density at radius 3 is 2.43 bits per heavy atom. The fourth-order valence-electron chi connectivity index (χ4n) is 2.55. The topological polar surface area (TPSA) is 122 Å². The summed E-state index contributed by atoms with van der Waals surface area (Å²) in [6.45, 7) is -0.126. The number of alkyl halides is 3. The van der Waals surface area contributed by atoms with Crippen molar-refractivity contribution in [3.8, 4) is 0 Å². The zero-order valence-electron chi connectivity index (χ0n) is 15.5. The number of carbonyl (C=O) groups excluding carboxylic acids is 1. The molecule has 2 aromatic carbocycles. The van der Waals surface area contributed by atoms with Gasteiger partial charge < -0.3 is 20.3 Å². The van der Waals surface area contributed by atoms with Gasteiger partial charge in [0.05, 0.1) is 16.6 Å². The van der Waals surface area contributed by atoms with Crippen LogP contribution < -0.4 is 5.32 Å². The highest BCUT2D eigenvalue weighted by Gasteiger charge is 2.34. The van der Waals surface area contributed by atoms with Gasteiger partial charge in [-0.05, 0) is 23.6 Å². The van der Waals surface area contributed by atoms with E-state index in [-0.39, 0.29) is 19.6 Å². The number of non-ortho nitro benzene ring substituents is 1. The Labute approximate surface area is 169 Å². The minimum Gasteiger partial charge on any atom is -0.445 e. The Morgan fingerprint density at radius 2 is 1.83 bits per heavy atom. The molecule has 0 aromatic heterocycles. The molecule has 0 aliphatic heterocycles. The molecule has 0 bridgehead atoms. The van der Waals surface area contributed by atoms with Gasteiger partial charge in [0.2, 0.25) is 0 Å². The number of rotatable bonds is 8. The van der Waals surface area contributed by atoms with Crippen molar-refractivity contribution in [2.75, 3.05) is 6.54 Å². The molecule has 2 unspecified atom stereocenters. The van der Waals surface area contributed by atoms with Gasteiger partial charge in [-0.1, -0.05) is 30.3 Å². The number of alkyl carbamates (subject to hydrolysis) is 1. The van der Waals surface area contributed by atoms with Crippen molar-refractivity contribution in [3.63, 3.8) is 0 Å². The minimum absolute atomic E-state index is 0.0196. The largest absolute Gasteiger partial charge is 0.445 e. The van der Waals surface area contributed by atoms with Crippen molar-refractivity contribution in [1.82, 2.24) is 5.32 Å². The zero-order valence-corrected chi connectivity index (χ0v) is 15.5. The first-order chi connectivity index (χ1) is 14.1. The predicted octanol–water partition coefficient (Wildman–Crippen LogP) is 3.32. The molecule has 0 fully saturated rings. The fourth-order valence-corrected chi connectivity index (χ4v) is 2.55. The summed E-state index contributed by atoms with van der Waals surface area (Å²) in [6.07, 6.45) is -9.29. The van der Waals surface area contributed by atoms with E-state index in [1.165, 1.54) is 0 Å². The van der Waals surface area contributed by atoms with Crippen LogP contribution in [0.4, 0.5) is 23.7 Å². The number of nitro groups is 1. The van der Waals surface area contributed by atoms with E-state index in [0.717, 1.165) is 11.6 Å². The fraction of sp³-hybridized carbons (Fsp3) is 0.316. The quantitative estimate of drug-likeness (QED) is 0.438. The molecule has 0 saturated heterocycles. The average Bonchev–Trinajstić information content (AvgIpc) is 2.71. The first-order valence-corrected chi connectivity index (χ1v) is 8.75. The van der Waals surface area contributed by atoms with Crippen LogP contribution in [0.1, 0.15) is 29.2 Å². The number of nitrogens with one attached hydrogen (secondary N) is 1. The predicted molar refractivity (Wildman–Crippen MR) is 98.3 cm³/mol. The zero-order chi connectivity index (χ0) is 22.3. The molecule has 0 heterocycles. The molecule has 2 rings (SSSR count). The van der Waals surface area contributed by atoms with E-state index in [0.29, 0.717) is 12.1 Å². The molecule has 8 nitrogen and oxygen atoms in total. The molecule has 162 valence electrons. The third-order valence-corrected chi connectivity index (χ3v) is 4.11. The smallest absolute Gasteiger partial charge is 0.416 e. The number of aliphatic hydroxyl groups excluding tert-OH is 2. The van der Waals surface area contributed by atoms with E-state index in [2.05, 4.69) is 5.32 Å². The molecule has 2 atom stereocenters. The van der Waals surface area contributed by atoms with Crippen LogP contribution in [0.25, 0.3) is 0 Å². The summed E-state index contributed by atoms with van der Waals surface area (Å²) in [4.78, 5) is 21.5. The Balaban J connectivity index is 1.92. The first kappa shape index (κ1) is 23.1. The van der Waals surface area contributed by atoms with Crippen molar-refractivity contribution < 1.29 is 37.8 Å². The number of hydrogen-bond donors (Lipinski definition) is 3. The van der Waals surface area contributed by atoms with Crippen LogP contribution in [0.2, 0.25) is 0 Å². The van der Waals surface area contributed by atoms with Crippen molar-refractivity contribution in [1.29, 1.82) is 0 Å². The molecular formula is C19H19F3N2O6. The summed E-state index contributed by atoms with van der Waals surface area (Å²) in [5.74, 6) is 0. The average molecular weight is 428 g/mol. The van der Waals surface area contributed by atoms with Crippen molar-refractivity contribution >= 4 is 11.8 Å². The maximum atomic E-state index is 12.9. The van der Waals surface area contributed by atoms with Gasteiger partial charge in [-0.3, -0.25) is 10.1 Å². The molecule has 11 heteroatoms. The molecule has 0 aliphatic carbocycles. The number of nitro benzene ring substituents is 1. The minimum atomic E-state index is -4.87. The lowest BCUT2D eigenvalue weighted by molar-refractivity contribution is -0.385. The van der Waals surface area contributed by atoms with Gasteiger partial charge in [-0.25, -0.2) is 4.79 Å². The highest BCUT2D eigenvalue weighted by atomic mass is 19.4. The molecule has 0 radical (unpaired) electrons. The molecule has 2 aromatic rings. The summed E-state index contributed by atoms with van der Waals surface area (Å²) in [5, 5.41) is 33.3. The monoisotopic (exact) mass is 428 g/mol. The van der Waals surface area contributed by atoms with Gasteiger partial charge in [0.25, 0.3) is 5.69 Å². The number of benzene rings is 2. The van der Waals surface area contributed by atoms with Crippen LogP contribution >= 0.6 is 0 Å². The molecule has 0 saturated carbocycles. The van der Waals surface area contributed by atoms with Crippen molar-refractivity contribution in [3.05, 3.63) is 75.3 Å². The van der Waals surface area contributed by atoms with E-state index >= 15 is 0 Å². The van der Waals surface area contributed by atoms with Crippen LogP contribution in [0, 0.1) is 10.1 Å².